The molecule has 0 N–H and O–H groups in total. The Labute approximate surface area is 764 Å². The number of para-hydroxylation sites is 12. The molecule has 0 aliphatic carbocycles. The number of furan rings is 4. The fourth-order valence-electron chi connectivity index (χ4n) is 22.6. The number of aromatic nitrogens is 10. The number of fused-ring (bicyclic) bond motifs is 39. The molecular formula is C120H62N10O4S. The van der Waals surface area contributed by atoms with E-state index in [4.69, 9.17) is 47.6 Å². The summed E-state index contributed by atoms with van der Waals surface area (Å²) in [5, 5.41) is 24.5. The van der Waals surface area contributed by atoms with Crippen LogP contribution in [0.15, 0.2) is 394 Å². The molecule has 135 heavy (non-hydrogen) atoms. The molecular weight excluding hydrogens is 1680 g/mol. The van der Waals surface area contributed by atoms with Crippen LogP contribution in [0.2, 0.25) is 0 Å². The van der Waals surface area contributed by atoms with Crippen molar-refractivity contribution in [2.45, 2.75) is 0 Å². The Morgan fingerprint density at radius 1 is 0.178 bits per heavy atom. The zero-order valence-corrected chi connectivity index (χ0v) is 72.1. The van der Waals surface area contributed by atoms with Gasteiger partial charge in [0.05, 0.1) is 77.2 Å². The first-order chi connectivity index (χ1) is 66.8. The highest BCUT2D eigenvalue weighted by molar-refractivity contribution is 7.25. The molecule has 0 atom stereocenters. The maximum Gasteiger partial charge on any atom is 0.165 e. The second-order valence-electron chi connectivity index (χ2n) is 35.8. The van der Waals surface area contributed by atoms with Gasteiger partial charge in [0.2, 0.25) is 0 Å². The predicted molar refractivity (Wildman–Crippen MR) is 555 cm³/mol. The number of nitrogens with zero attached hydrogens (tertiary/aromatic N) is 10. The topological polar surface area (TPSA) is 148 Å². The van der Waals surface area contributed by atoms with Crippen molar-refractivity contribution in [3.8, 4) is 39.1 Å². The van der Waals surface area contributed by atoms with Gasteiger partial charge < -0.3 is 22.2 Å². The molecule has 34 rings (SSSR count). The van der Waals surface area contributed by atoms with Crippen LogP contribution >= 0.6 is 11.3 Å². The molecule has 0 unspecified atom stereocenters. The molecule has 19 aromatic carbocycles. The van der Waals surface area contributed by atoms with Crippen molar-refractivity contribution in [2.24, 2.45) is 0 Å². The average molecular weight is 1740 g/mol. The normalized spacial score (nSPS) is 12.6. The maximum atomic E-state index is 6.38. The van der Waals surface area contributed by atoms with Crippen LogP contribution in [0.4, 0.5) is 0 Å². The van der Waals surface area contributed by atoms with E-state index in [-0.39, 0.29) is 0 Å². The molecule has 622 valence electrons. The van der Waals surface area contributed by atoms with Gasteiger partial charge in [0.1, 0.15) is 61.2 Å². The van der Waals surface area contributed by atoms with Crippen molar-refractivity contribution in [2.75, 3.05) is 0 Å². The summed E-state index contributed by atoms with van der Waals surface area (Å²) in [6, 6.07) is 133. The molecule has 0 aliphatic rings. The lowest BCUT2D eigenvalue weighted by Crippen LogP contribution is -1.92. The van der Waals surface area contributed by atoms with Crippen LogP contribution in [0.5, 0.6) is 0 Å². The third kappa shape index (κ3) is 9.98. The minimum absolute atomic E-state index is 0.859. The summed E-state index contributed by atoms with van der Waals surface area (Å²) in [6.07, 6.45) is 0. The first-order valence-corrected chi connectivity index (χ1v) is 46.2. The minimum Gasteiger partial charge on any atom is -0.456 e. The van der Waals surface area contributed by atoms with Crippen molar-refractivity contribution in [1.82, 2.24) is 47.7 Å². The van der Waals surface area contributed by atoms with Crippen LogP contribution in [-0.2, 0) is 0 Å². The van der Waals surface area contributed by atoms with E-state index < -0.39 is 0 Å². The Kier molecular flexibility index (Phi) is 14.0. The van der Waals surface area contributed by atoms with E-state index in [0.717, 1.165) is 226 Å². The molecule has 0 spiro atoms. The molecule has 0 fully saturated rings. The second kappa shape index (κ2) is 26.3. The van der Waals surface area contributed by atoms with Gasteiger partial charge in [0, 0.05) is 146 Å². The molecule has 0 saturated carbocycles. The largest absolute Gasteiger partial charge is 0.456 e. The van der Waals surface area contributed by atoms with Crippen molar-refractivity contribution >= 4 is 289 Å². The van der Waals surface area contributed by atoms with E-state index in [9.17, 15) is 0 Å². The summed E-state index contributed by atoms with van der Waals surface area (Å²) in [6.45, 7) is 0. The molecule has 0 radical (unpaired) electrons. The maximum absolute atomic E-state index is 6.38. The SMILES string of the molecule is c1ccc(-n2c3ccccc3c3cc(-c4cc5c6cc7c(cc6n6c8nc9ccccc9nc8c(c4)c56)oc4ccccc47)ccc32)cc1.c1ccc2nc3c(nc2c1)c1cc(-c2ccc4oc5ccccc5c4c2)cc2c4cc5c(cc4n3c21)oc1ccccc15.c1ccc2nc3c(nc2c1)c1cc(-c2ccc4sc5ccccc5c4c2)cc2c4cc5c(cc4n3c21)oc1ccccc15. The summed E-state index contributed by atoms with van der Waals surface area (Å²) in [5.74, 6) is 0. The van der Waals surface area contributed by atoms with E-state index in [1.165, 1.54) is 91.0 Å². The Balaban J connectivity index is 0.0000000931. The Bertz CT molecular complexity index is 10800. The Hall–Kier alpha value is -18.2. The Morgan fingerprint density at radius 2 is 0.481 bits per heavy atom. The van der Waals surface area contributed by atoms with E-state index in [1.54, 1.807) is 0 Å². The van der Waals surface area contributed by atoms with Gasteiger partial charge in [0.25, 0.3) is 0 Å². The van der Waals surface area contributed by atoms with Crippen molar-refractivity contribution in [3.05, 3.63) is 376 Å². The van der Waals surface area contributed by atoms with Crippen molar-refractivity contribution < 1.29 is 17.7 Å². The molecule has 0 saturated heterocycles. The molecule has 0 aliphatic heterocycles. The lowest BCUT2D eigenvalue weighted by atomic mass is 9.98. The van der Waals surface area contributed by atoms with Crippen LogP contribution in [0, 0.1) is 0 Å². The monoisotopic (exact) mass is 1740 g/mol. The van der Waals surface area contributed by atoms with Gasteiger partial charge >= 0.3 is 0 Å². The molecule has 34 aromatic rings. The molecule has 15 heterocycles. The quantitative estimate of drug-likeness (QED) is 0.167. The van der Waals surface area contributed by atoms with E-state index in [1.807, 2.05) is 133 Å². The van der Waals surface area contributed by atoms with E-state index in [0.29, 0.717) is 0 Å². The smallest absolute Gasteiger partial charge is 0.165 e. The van der Waals surface area contributed by atoms with Gasteiger partial charge in [-0.1, -0.05) is 182 Å². The summed E-state index contributed by atoms with van der Waals surface area (Å²) in [7, 11) is 0. The summed E-state index contributed by atoms with van der Waals surface area (Å²) >= 11 is 1.85. The summed E-state index contributed by atoms with van der Waals surface area (Å²) in [4.78, 5) is 31.1. The van der Waals surface area contributed by atoms with Crippen LogP contribution in [0.25, 0.3) is 317 Å². The number of thiophene rings is 1. The van der Waals surface area contributed by atoms with Crippen LogP contribution in [-0.4, -0.2) is 47.7 Å². The fraction of sp³-hybridized carbons (Fsp3) is 0. The predicted octanol–water partition coefficient (Wildman–Crippen LogP) is 32.4. The molecule has 0 amide bonds. The van der Waals surface area contributed by atoms with Gasteiger partial charge in [-0.3, -0.25) is 13.2 Å². The van der Waals surface area contributed by atoms with Crippen molar-refractivity contribution in [1.29, 1.82) is 0 Å². The fourth-order valence-corrected chi connectivity index (χ4v) is 23.7. The van der Waals surface area contributed by atoms with Gasteiger partial charge in [-0.05, 0) is 209 Å². The lowest BCUT2D eigenvalue weighted by molar-refractivity contribution is 0.668. The highest BCUT2D eigenvalue weighted by Crippen LogP contribution is 2.51. The molecule has 14 nitrogen and oxygen atoms in total. The standard InChI is InChI=1S/C44H24N4O.C38H19N3O2.C38H19N3OS/c1-2-10-27(11-3-1)47-37-16-8-4-12-28(37)30-20-25(18-19-38(30)47)26-21-33-31-23-32-29-13-5-9-17-40(29)49-41(32)24-39(31)48-43(33)34(22-26)42-44(48)46-36-15-7-6-14-35(36)45-42;1-5-11-32-22(7-1)25-15-20(13-14-34(25)42-32)21-16-27-24-18-26-23-8-2-6-12-33(23)43-35(26)19-31(24)41-37(27)28(17-21)36-38(41)40-30-10-4-3-9-29(30)39-36;1-5-11-32-22(7-1)25-18-24-27-16-21(20-13-14-35-26(15-20)23-8-2-6-12-34(23)43-35)17-28-36-38(40-30-10-4-3-9-29(30)39-36)41(37(27)28)31(24)19-33(25)42-32/h1-24H;2*1-19H. The number of rotatable bonds is 4. The first kappa shape index (κ1) is 71.7. The zero-order chi connectivity index (χ0) is 87.4. The van der Waals surface area contributed by atoms with Gasteiger partial charge in [-0.15, -0.1) is 11.3 Å². The molecule has 15 heteroatoms. The zero-order valence-electron chi connectivity index (χ0n) is 71.3. The second-order valence-corrected chi connectivity index (χ2v) is 36.9. The Morgan fingerprint density at radius 3 is 0.933 bits per heavy atom. The van der Waals surface area contributed by atoms with E-state index >= 15 is 0 Å². The molecule has 0 bridgehead atoms. The van der Waals surface area contributed by atoms with Gasteiger partial charge in [-0.25, -0.2) is 29.9 Å². The third-order valence-corrected chi connectivity index (χ3v) is 29.7. The first-order valence-electron chi connectivity index (χ1n) is 45.4. The third-order valence-electron chi connectivity index (χ3n) is 28.6. The number of benzene rings is 19. The highest BCUT2D eigenvalue weighted by Gasteiger charge is 2.29. The minimum atomic E-state index is 0.859. The van der Waals surface area contributed by atoms with Crippen LogP contribution in [0.3, 0.4) is 0 Å². The summed E-state index contributed by atoms with van der Waals surface area (Å²) in [5.41, 5.74) is 35.0. The lowest BCUT2D eigenvalue weighted by Gasteiger charge is -2.08. The number of hydrogen-bond acceptors (Lipinski definition) is 11. The average Bonchev–Trinajstić information content (AvgIpc) is 1.53. The van der Waals surface area contributed by atoms with Crippen LogP contribution < -0.4 is 0 Å². The van der Waals surface area contributed by atoms with Gasteiger partial charge in [0.15, 0.2) is 16.9 Å². The van der Waals surface area contributed by atoms with Crippen molar-refractivity contribution in [3.63, 3.8) is 0 Å². The summed E-state index contributed by atoms with van der Waals surface area (Å²) < 4.78 is 37.1. The van der Waals surface area contributed by atoms with Crippen LogP contribution in [0.1, 0.15) is 0 Å². The van der Waals surface area contributed by atoms with E-state index in [2.05, 4.69) is 273 Å². The highest BCUT2D eigenvalue weighted by atomic mass is 32.1. The van der Waals surface area contributed by atoms with Gasteiger partial charge in [-0.2, -0.15) is 0 Å². The molecule has 15 aromatic heterocycles. The number of hydrogen-bond donors (Lipinski definition) is 0.